The fraction of sp³-hybridized carbons (Fsp3) is 0.444. The molecule has 3 rings (SSSR count). The summed E-state index contributed by atoms with van der Waals surface area (Å²) in [5.74, 6) is 0.864. The topological polar surface area (TPSA) is 33.2 Å². The van der Waals surface area contributed by atoms with E-state index in [2.05, 4.69) is 31.0 Å². The molecule has 0 N–H and O–H groups in total. The molecule has 1 aliphatic rings. The monoisotopic (exact) mass is 282 g/mol. The second kappa shape index (κ2) is 5.47. The number of carbonyl (C=O) groups excluding carboxylic acids is 1. The second-order valence-corrected chi connectivity index (χ2v) is 6.29. The molecule has 0 unspecified atom stereocenters. The first kappa shape index (κ1) is 14.1. The van der Waals surface area contributed by atoms with Crippen LogP contribution in [0.15, 0.2) is 24.3 Å². The van der Waals surface area contributed by atoms with Crippen LogP contribution in [0.2, 0.25) is 0 Å². The molecule has 21 heavy (non-hydrogen) atoms. The Bertz CT molecular complexity index is 685. The number of likely N-dealkylation sites (tertiary alicyclic amines) is 1. The van der Waals surface area contributed by atoms with E-state index in [9.17, 15) is 4.79 Å². The first-order valence-electron chi connectivity index (χ1n) is 7.72. The van der Waals surface area contributed by atoms with Gasteiger partial charge in [-0.3, -0.25) is 9.78 Å². The zero-order valence-electron chi connectivity index (χ0n) is 13.0. The molecule has 1 saturated heterocycles. The SMILES string of the molecule is Cc1ccc2nc(C)c(C(=O)N3CCC(C)CC3)cc2c1. The highest BCUT2D eigenvalue weighted by Crippen LogP contribution is 2.22. The van der Waals surface area contributed by atoms with Gasteiger partial charge in [-0.2, -0.15) is 0 Å². The van der Waals surface area contributed by atoms with Crippen molar-refractivity contribution < 1.29 is 4.79 Å². The summed E-state index contributed by atoms with van der Waals surface area (Å²) in [5.41, 5.74) is 3.73. The molecule has 1 fully saturated rings. The third-order valence-electron chi connectivity index (χ3n) is 4.46. The van der Waals surface area contributed by atoms with Crippen molar-refractivity contribution in [3.63, 3.8) is 0 Å². The lowest BCUT2D eigenvalue weighted by Gasteiger charge is -2.30. The van der Waals surface area contributed by atoms with Crippen molar-refractivity contribution in [1.29, 1.82) is 0 Å². The Morgan fingerprint density at radius 1 is 1.19 bits per heavy atom. The Hall–Kier alpha value is -1.90. The average molecular weight is 282 g/mol. The Kier molecular flexibility index (Phi) is 3.66. The van der Waals surface area contributed by atoms with Gasteiger partial charge >= 0.3 is 0 Å². The van der Waals surface area contributed by atoms with E-state index in [-0.39, 0.29) is 5.91 Å². The molecule has 1 aromatic carbocycles. The summed E-state index contributed by atoms with van der Waals surface area (Å²) in [7, 11) is 0. The summed E-state index contributed by atoms with van der Waals surface area (Å²) < 4.78 is 0. The highest BCUT2D eigenvalue weighted by atomic mass is 16.2. The van der Waals surface area contributed by atoms with Crippen LogP contribution in [0.4, 0.5) is 0 Å². The van der Waals surface area contributed by atoms with Crippen LogP contribution in [0.25, 0.3) is 10.9 Å². The van der Waals surface area contributed by atoms with E-state index in [1.54, 1.807) is 0 Å². The van der Waals surface area contributed by atoms with Crippen molar-refractivity contribution in [1.82, 2.24) is 9.88 Å². The Labute approximate surface area is 126 Å². The fourth-order valence-electron chi connectivity index (χ4n) is 2.99. The molecule has 0 atom stereocenters. The number of piperidine rings is 1. The van der Waals surface area contributed by atoms with E-state index in [1.165, 1.54) is 5.56 Å². The van der Waals surface area contributed by atoms with Gasteiger partial charge in [0.2, 0.25) is 0 Å². The molecule has 3 nitrogen and oxygen atoms in total. The number of amides is 1. The van der Waals surface area contributed by atoms with E-state index < -0.39 is 0 Å². The highest BCUT2D eigenvalue weighted by molar-refractivity contribution is 5.98. The largest absolute Gasteiger partial charge is 0.339 e. The molecule has 110 valence electrons. The molecule has 2 heterocycles. The zero-order valence-corrected chi connectivity index (χ0v) is 13.0. The molecular weight excluding hydrogens is 260 g/mol. The molecule has 1 aliphatic heterocycles. The number of benzene rings is 1. The van der Waals surface area contributed by atoms with Crippen molar-refractivity contribution in [2.45, 2.75) is 33.6 Å². The first-order valence-corrected chi connectivity index (χ1v) is 7.72. The normalized spacial score (nSPS) is 16.4. The summed E-state index contributed by atoms with van der Waals surface area (Å²) in [6.45, 7) is 7.98. The molecule has 3 heteroatoms. The van der Waals surface area contributed by atoms with Crippen LogP contribution in [0.5, 0.6) is 0 Å². The van der Waals surface area contributed by atoms with Crippen LogP contribution in [-0.2, 0) is 0 Å². The van der Waals surface area contributed by atoms with Gasteiger partial charge in [-0.05, 0) is 50.8 Å². The minimum absolute atomic E-state index is 0.135. The molecule has 0 aliphatic carbocycles. The maximum Gasteiger partial charge on any atom is 0.255 e. The lowest BCUT2D eigenvalue weighted by Crippen LogP contribution is -2.38. The molecule has 0 saturated carbocycles. The van der Waals surface area contributed by atoms with Gasteiger partial charge in [0.15, 0.2) is 0 Å². The van der Waals surface area contributed by atoms with E-state index in [0.717, 1.165) is 54.0 Å². The van der Waals surface area contributed by atoms with E-state index in [0.29, 0.717) is 0 Å². The summed E-state index contributed by atoms with van der Waals surface area (Å²) >= 11 is 0. The first-order chi connectivity index (χ1) is 10.0. The van der Waals surface area contributed by atoms with Crippen LogP contribution < -0.4 is 0 Å². The number of hydrogen-bond donors (Lipinski definition) is 0. The standard InChI is InChI=1S/C18H22N2O/c1-12-6-8-20(9-7-12)18(21)16-11-15-10-13(2)4-5-17(15)19-14(16)3/h4-5,10-12H,6-9H2,1-3H3. The Balaban J connectivity index is 1.95. The average Bonchev–Trinajstić information content (AvgIpc) is 2.47. The van der Waals surface area contributed by atoms with Crippen molar-refractivity contribution in [3.8, 4) is 0 Å². The van der Waals surface area contributed by atoms with Crippen LogP contribution in [0, 0.1) is 19.8 Å². The summed E-state index contributed by atoms with van der Waals surface area (Å²) in [6.07, 6.45) is 2.20. The number of fused-ring (bicyclic) bond motifs is 1. The molecule has 2 aromatic rings. The van der Waals surface area contributed by atoms with Crippen molar-refractivity contribution in [2.75, 3.05) is 13.1 Å². The number of rotatable bonds is 1. The van der Waals surface area contributed by atoms with Crippen LogP contribution in [-0.4, -0.2) is 28.9 Å². The van der Waals surface area contributed by atoms with Gasteiger partial charge < -0.3 is 4.90 Å². The van der Waals surface area contributed by atoms with Gasteiger partial charge in [0.25, 0.3) is 5.91 Å². The van der Waals surface area contributed by atoms with Gasteiger partial charge in [0.05, 0.1) is 16.8 Å². The molecule has 0 bridgehead atoms. The quantitative estimate of drug-likeness (QED) is 0.798. The number of aryl methyl sites for hydroxylation is 2. The predicted molar refractivity (Wildman–Crippen MR) is 85.5 cm³/mol. The van der Waals surface area contributed by atoms with Crippen LogP contribution in [0.3, 0.4) is 0 Å². The maximum absolute atomic E-state index is 12.7. The van der Waals surface area contributed by atoms with Crippen molar-refractivity contribution >= 4 is 16.8 Å². The van der Waals surface area contributed by atoms with Gasteiger partial charge in [-0.15, -0.1) is 0 Å². The summed E-state index contributed by atoms with van der Waals surface area (Å²) in [5, 5.41) is 1.05. The van der Waals surface area contributed by atoms with E-state index in [4.69, 9.17) is 0 Å². The third kappa shape index (κ3) is 2.78. The highest BCUT2D eigenvalue weighted by Gasteiger charge is 2.23. The lowest BCUT2D eigenvalue weighted by atomic mass is 9.98. The number of nitrogens with zero attached hydrogens (tertiary/aromatic N) is 2. The van der Waals surface area contributed by atoms with Gasteiger partial charge in [-0.1, -0.05) is 18.6 Å². The van der Waals surface area contributed by atoms with Crippen molar-refractivity contribution in [3.05, 3.63) is 41.1 Å². The second-order valence-electron chi connectivity index (χ2n) is 6.29. The summed E-state index contributed by atoms with van der Waals surface area (Å²) in [4.78, 5) is 19.3. The number of hydrogen-bond acceptors (Lipinski definition) is 2. The smallest absolute Gasteiger partial charge is 0.255 e. The van der Waals surface area contributed by atoms with E-state index in [1.807, 2.05) is 24.0 Å². The third-order valence-corrected chi connectivity index (χ3v) is 4.46. The number of aromatic nitrogens is 1. The molecule has 1 aromatic heterocycles. The van der Waals surface area contributed by atoms with Gasteiger partial charge in [-0.25, -0.2) is 0 Å². The zero-order chi connectivity index (χ0) is 15.0. The molecular formula is C18H22N2O. The van der Waals surface area contributed by atoms with Crippen molar-refractivity contribution in [2.24, 2.45) is 5.92 Å². The fourth-order valence-corrected chi connectivity index (χ4v) is 2.99. The maximum atomic E-state index is 12.7. The number of pyridine rings is 1. The van der Waals surface area contributed by atoms with Crippen LogP contribution >= 0.6 is 0 Å². The Morgan fingerprint density at radius 3 is 2.62 bits per heavy atom. The summed E-state index contributed by atoms with van der Waals surface area (Å²) in [6, 6.07) is 8.18. The lowest BCUT2D eigenvalue weighted by molar-refractivity contribution is 0.0696. The predicted octanol–water partition coefficient (Wildman–Crippen LogP) is 3.72. The Morgan fingerprint density at radius 2 is 1.90 bits per heavy atom. The van der Waals surface area contributed by atoms with Gasteiger partial charge in [0.1, 0.15) is 0 Å². The molecule has 0 radical (unpaired) electrons. The molecule has 1 amide bonds. The van der Waals surface area contributed by atoms with Crippen LogP contribution in [0.1, 0.15) is 41.4 Å². The minimum atomic E-state index is 0.135. The molecule has 0 spiro atoms. The minimum Gasteiger partial charge on any atom is -0.339 e. The van der Waals surface area contributed by atoms with Gasteiger partial charge in [0, 0.05) is 18.5 Å². The van der Waals surface area contributed by atoms with E-state index >= 15 is 0 Å². The number of carbonyl (C=O) groups is 1.